The van der Waals surface area contributed by atoms with Crippen molar-refractivity contribution in [2.24, 2.45) is 5.92 Å². The molecule has 1 fully saturated rings. The number of nitrogens with zero attached hydrogens (tertiary/aromatic N) is 3. The SMILES string of the molecule is c1cc(CNc2nnc(CC3CCCC3)s2)[nH]n1. The van der Waals surface area contributed by atoms with Gasteiger partial charge in [-0.15, -0.1) is 10.2 Å². The molecule has 2 N–H and O–H groups in total. The van der Waals surface area contributed by atoms with Gasteiger partial charge in [-0.1, -0.05) is 37.0 Å². The smallest absolute Gasteiger partial charge is 0.205 e. The maximum Gasteiger partial charge on any atom is 0.205 e. The average molecular weight is 263 g/mol. The van der Waals surface area contributed by atoms with Crippen LogP contribution in [0.4, 0.5) is 5.13 Å². The van der Waals surface area contributed by atoms with E-state index in [1.54, 1.807) is 17.5 Å². The highest BCUT2D eigenvalue weighted by atomic mass is 32.1. The van der Waals surface area contributed by atoms with Crippen LogP contribution >= 0.6 is 11.3 Å². The molecule has 18 heavy (non-hydrogen) atoms. The third kappa shape index (κ3) is 2.87. The molecule has 1 saturated carbocycles. The highest BCUT2D eigenvalue weighted by Gasteiger charge is 2.17. The van der Waals surface area contributed by atoms with Gasteiger partial charge in [-0.05, 0) is 12.0 Å². The van der Waals surface area contributed by atoms with E-state index < -0.39 is 0 Å². The third-order valence-corrected chi connectivity index (χ3v) is 4.30. The second-order valence-electron chi connectivity index (χ2n) is 4.79. The fourth-order valence-electron chi connectivity index (χ4n) is 2.42. The van der Waals surface area contributed by atoms with Crippen LogP contribution < -0.4 is 5.32 Å². The molecule has 0 spiro atoms. The van der Waals surface area contributed by atoms with Crippen LogP contribution in [0.25, 0.3) is 0 Å². The Kier molecular flexibility index (Phi) is 3.54. The van der Waals surface area contributed by atoms with Crippen molar-refractivity contribution in [2.75, 3.05) is 5.32 Å². The van der Waals surface area contributed by atoms with E-state index in [-0.39, 0.29) is 0 Å². The Bertz CT molecular complexity index is 472. The van der Waals surface area contributed by atoms with E-state index in [1.165, 1.54) is 25.7 Å². The maximum absolute atomic E-state index is 4.26. The van der Waals surface area contributed by atoms with Crippen molar-refractivity contribution >= 4 is 16.5 Å². The number of nitrogens with one attached hydrogen (secondary N) is 2. The number of hydrogen-bond acceptors (Lipinski definition) is 5. The van der Waals surface area contributed by atoms with Gasteiger partial charge in [0, 0.05) is 12.6 Å². The molecule has 3 rings (SSSR count). The fourth-order valence-corrected chi connectivity index (χ4v) is 3.27. The zero-order chi connectivity index (χ0) is 12.2. The molecule has 0 aliphatic heterocycles. The van der Waals surface area contributed by atoms with Crippen LogP contribution in [0.15, 0.2) is 12.3 Å². The van der Waals surface area contributed by atoms with Gasteiger partial charge in [-0.3, -0.25) is 5.10 Å². The van der Waals surface area contributed by atoms with Crippen molar-refractivity contribution in [3.63, 3.8) is 0 Å². The molecular formula is C12H17N5S. The van der Waals surface area contributed by atoms with Gasteiger partial charge in [0.25, 0.3) is 0 Å². The first-order valence-electron chi connectivity index (χ1n) is 6.44. The summed E-state index contributed by atoms with van der Waals surface area (Å²) in [4.78, 5) is 0. The maximum atomic E-state index is 4.26. The van der Waals surface area contributed by atoms with Crippen LogP contribution in [0.2, 0.25) is 0 Å². The molecule has 2 aromatic rings. The summed E-state index contributed by atoms with van der Waals surface area (Å²) in [6, 6.07) is 1.95. The summed E-state index contributed by atoms with van der Waals surface area (Å²) in [5.74, 6) is 0.832. The highest BCUT2D eigenvalue weighted by molar-refractivity contribution is 7.15. The van der Waals surface area contributed by atoms with Crippen molar-refractivity contribution in [3.8, 4) is 0 Å². The monoisotopic (exact) mass is 263 g/mol. The Morgan fingerprint density at radius 3 is 3.00 bits per heavy atom. The van der Waals surface area contributed by atoms with Gasteiger partial charge in [0.2, 0.25) is 5.13 Å². The standard InChI is InChI=1S/C12H17N5S/c1-2-4-9(3-1)7-11-16-17-12(18-11)13-8-10-5-6-14-15-10/h5-6,9H,1-4,7-8H2,(H,13,17)(H,14,15). The van der Waals surface area contributed by atoms with Gasteiger partial charge in [0.15, 0.2) is 0 Å². The predicted molar refractivity (Wildman–Crippen MR) is 71.5 cm³/mol. The lowest BCUT2D eigenvalue weighted by Crippen LogP contribution is -1.99. The Labute approximate surface area is 110 Å². The van der Waals surface area contributed by atoms with E-state index >= 15 is 0 Å². The first-order valence-corrected chi connectivity index (χ1v) is 7.26. The minimum absolute atomic E-state index is 0.720. The van der Waals surface area contributed by atoms with Crippen molar-refractivity contribution in [1.29, 1.82) is 0 Å². The lowest BCUT2D eigenvalue weighted by atomic mass is 10.1. The third-order valence-electron chi connectivity index (χ3n) is 3.39. The van der Waals surface area contributed by atoms with E-state index in [0.717, 1.165) is 34.7 Å². The molecule has 0 bridgehead atoms. The summed E-state index contributed by atoms with van der Waals surface area (Å²) in [5, 5.41) is 20.6. The average Bonchev–Trinajstić information content (AvgIpc) is 3.09. The molecule has 96 valence electrons. The van der Waals surface area contributed by atoms with Crippen LogP contribution in [0.3, 0.4) is 0 Å². The Hall–Kier alpha value is -1.43. The minimum atomic E-state index is 0.720. The largest absolute Gasteiger partial charge is 0.354 e. The molecule has 0 amide bonds. The fraction of sp³-hybridized carbons (Fsp3) is 0.583. The zero-order valence-corrected chi connectivity index (χ0v) is 11.0. The van der Waals surface area contributed by atoms with Gasteiger partial charge < -0.3 is 5.32 Å². The Morgan fingerprint density at radius 1 is 1.33 bits per heavy atom. The molecule has 0 aromatic carbocycles. The van der Waals surface area contributed by atoms with E-state index in [4.69, 9.17) is 0 Å². The van der Waals surface area contributed by atoms with Gasteiger partial charge >= 0.3 is 0 Å². The number of aromatic amines is 1. The van der Waals surface area contributed by atoms with Gasteiger partial charge in [-0.2, -0.15) is 5.10 Å². The van der Waals surface area contributed by atoms with Crippen LogP contribution in [0, 0.1) is 5.92 Å². The van der Waals surface area contributed by atoms with Crippen LogP contribution in [0.1, 0.15) is 36.4 Å². The molecule has 2 aromatic heterocycles. The summed E-state index contributed by atoms with van der Waals surface area (Å²) in [5.41, 5.74) is 1.06. The van der Waals surface area contributed by atoms with Crippen molar-refractivity contribution in [1.82, 2.24) is 20.4 Å². The number of anilines is 1. The predicted octanol–water partition coefficient (Wildman–Crippen LogP) is 2.61. The summed E-state index contributed by atoms with van der Waals surface area (Å²) < 4.78 is 0. The zero-order valence-electron chi connectivity index (χ0n) is 10.2. The van der Waals surface area contributed by atoms with E-state index in [1.807, 2.05) is 6.07 Å². The molecule has 5 nitrogen and oxygen atoms in total. The van der Waals surface area contributed by atoms with Crippen molar-refractivity contribution in [3.05, 3.63) is 23.0 Å². The van der Waals surface area contributed by atoms with Gasteiger partial charge in [0.1, 0.15) is 5.01 Å². The lowest BCUT2D eigenvalue weighted by molar-refractivity contribution is 0.542. The van der Waals surface area contributed by atoms with E-state index in [2.05, 4.69) is 25.7 Å². The number of rotatable bonds is 5. The van der Waals surface area contributed by atoms with Gasteiger partial charge in [0.05, 0.1) is 12.2 Å². The molecule has 1 aliphatic carbocycles. The van der Waals surface area contributed by atoms with Crippen LogP contribution in [-0.4, -0.2) is 20.4 Å². The molecule has 0 radical (unpaired) electrons. The first-order chi connectivity index (χ1) is 8.90. The van der Waals surface area contributed by atoms with E-state index in [0.29, 0.717) is 0 Å². The highest BCUT2D eigenvalue weighted by Crippen LogP contribution is 2.29. The molecular weight excluding hydrogens is 246 g/mol. The number of H-pyrrole nitrogens is 1. The molecule has 2 heterocycles. The molecule has 0 atom stereocenters. The van der Waals surface area contributed by atoms with Crippen molar-refractivity contribution < 1.29 is 0 Å². The van der Waals surface area contributed by atoms with Gasteiger partial charge in [-0.25, -0.2) is 0 Å². The molecule has 0 unspecified atom stereocenters. The van der Waals surface area contributed by atoms with Crippen LogP contribution in [0.5, 0.6) is 0 Å². The Morgan fingerprint density at radius 2 is 2.22 bits per heavy atom. The second-order valence-corrected chi connectivity index (χ2v) is 5.85. The molecule has 1 aliphatic rings. The number of hydrogen-bond donors (Lipinski definition) is 2. The minimum Gasteiger partial charge on any atom is -0.354 e. The second kappa shape index (κ2) is 5.48. The Balaban J connectivity index is 1.52. The molecule has 6 heteroatoms. The summed E-state index contributed by atoms with van der Waals surface area (Å²) in [7, 11) is 0. The summed E-state index contributed by atoms with van der Waals surface area (Å²) >= 11 is 1.67. The normalized spacial score (nSPS) is 16.2. The van der Waals surface area contributed by atoms with Crippen LogP contribution in [-0.2, 0) is 13.0 Å². The topological polar surface area (TPSA) is 66.5 Å². The van der Waals surface area contributed by atoms with E-state index in [9.17, 15) is 0 Å². The lowest BCUT2D eigenvalue weighted by Gasteiger charge is -2.03. The number of aromatic nitrogens is 4. The molecule has 0 saturated heterocycles. The first kappa shape index (κ1) is 11.6. The quantitative estimate of drug-likeness (QED) is 0.870. The summed E-state index contributed by atoms with van der Waals surface area (Å²) in [6.07, 6.45) is 8.34. The summed E-state index contributed by atoms with van der Waals surface area (Å²) in [6.45, 7) is 0.720. The van der Waals surface area contributed by atoms with Crippen molar-refractivity contribution in [2.45, 2.75) is 38.6 Å².